The predicted molar refractivity (Wildman–Crippen MR) is 119 cm³/mol. The first-order valence-corrected chi connectivity index (χ1v) is 12.0. The van der Waals surface area contributed by atoms with Gasteiger partial charge in [0.25, 0.3) is 0 Å². The van der Waals surface area contributed by atoms with Crippen molar-refractivity contribution in [2.24, 2.45) is 0 Å². The third-order valence-electron chi connectivity index (χ3n) is 5.55. The van der Waals surface area contributed by atoms with Gasteiger partial charge in [0.05, 0.1) is 11.4 Å². The zero-order chi connectivity index (χ0) is 21.6. The quantitative estimate of drug-likeness (QED) is 0.701. The Balaban J connectivity index is 1.51. The third kappa shape index (κ3) is 5.47. The molecule has 0 aromatic heterocycles. The minimum atomic E-state index is -3.52. The molecule has 0 saturated carbocycles. The number of carbonyl (C=O) groups is 1. The second-order valence-electron chi connectivity index (χ2n) is 7.69. The topological polar surface area (TPSA) is 69.7 Å². The van der Waals surface area contributed by atoms with Crippen molar-refractivity contribution in [2.75, 3.05) is 32.7 Å². The van der Waals surface area contributed by atoms with Gasteiger partial charge in [-0.1, -0.05) is 55.8 Å². The Hall–Kier alpha value is -2.22. The summed E-state index contributed by atoms with van der Waals surface area (Å²) in [7, 11) is -3.52. The molecule has 0 radical (unpaired) electrons. The number of piperazine rings is 1. The SMILES string of the molecule is CCCc1ccc(S(=O)(=O)N2CCN(C(=O)CN[C@H](C)c3ccccc3)CC2)cc1. The van der Waals surface area contributed by atoms with E-state index in [1.165, 1.54) is 4.31 Å². The number of amides is 1. The zero-order valence-corrected chi connectivity index (χ0v) is 18.6. The maximum atomic E-state index is 12.9. The van der Waals surface area contributed by atoms with E-state index in [-0.39, 0.29) is 18.5 Å². The molecule has 1 atom stereocenters. The number of hydrogen-bond donors (Lipinski definition) is 1. The zero-order valence-electron chi connectivity index (χ0n) is 17.8. The van der Waals surface area contributed by atoms with Crippen molar-refractivity contribution < 1.29 is 13.2 Å². The Morgan fingerprint density at radius 2 is 1.63 bits per heavy atom. The van der Waals surface area contributed by atoms with Gasteiger partial charge in [-0.25, -0.2) is 8.42 Å². The van der Waals surface area contributed by atoms with Crippen molar-refractivity contribution in [1.29, 1.82) is 0 Å². The fourth-order valence-corrected chi connectivity index (χ4v) is 5.08. The van der Waals surface area contributed by atoms with Crippen molar-refractivity contribution in [3.05, 3.63) is 65.7 Å². The van der Waals surface area contributed by atoms with Gasteiger partial charge >= 0.3 is 0 Å². The number of sulfonamides is 1. The predicted octanol–water partition coefficient (Wildman–Crippen LogP) is 2.82. The number of hydrogen-bond acceptors (Lipinski definition) is 4. The maximum absolute atomic E-state index is 12.9. The average Bonchev–Trinajstić information content (AvgIpc) is 2.78. The highest BCUT2D eigenvalue weighted by atomic mass is 32.2. The highest BCUT2D eigenvalue weighted by Gasteiger charge is 2.30. The normalized spacial score (nSPS) is 16.4. The van der Waals surface area contributed by atoms with Crippen LogP contribution in [0.4, 0.5) is 0 Å². The van der Waals surface area contributed by atoms with Gasteiger partial charge in [-0.05, 0) is 36.6 Å². The molecule has 0 aliphatic carbocycles. The highest BCUT2D eigenvalue weighted by molar-refractivity contribution is 7.89. The van der Waals surface area contributed by atoms with Crippen molar-refractivity contribution in [2.45, 2.75) is 37.6 Å². The lowest BCUT2D eigenvalue weighted by molar-refractivity contribution is -0.131. The van der Waals surface area contributed by atoms with Crippen molar-refractivity contribution in [3.63, 3.8) is 0 Å². The summed E-state index contributed by atoms with van der Waals surface area (Å²) < 4.78 is 27.3. The molecule has 1 aliphatic rings. The van der Waals surface area contributed by atoms with Crippen molar-refractivity contribution in [1.82, 2.24) is 14.5 Å². The Bertz CT molecular complexity index is 922. The first-order chi connectivity index (χ1) is 14.4. The molecule has 1 saturated heterocycles. The first kappa shape index (κ1) is 22.5. The molecule has 0 unspecified atom stereocenters. The third-order valence-corrected chi connectivity index (χ3v) is 7.46. The van der Waals surface area contributed by atoms with Crippen LogP contribution in [0.5, 0.6) is 0 Å². The number of nitrogens with zero attached hydrogens (tertiary/aromatic N) is 2. The molecule has 162 valence electrons. The fourth-order valence-electron chi connectivity index (χ4n) is 3.66. The molecule has 1 heterocycles. The number of benzene rings is 2. The van der Waals surface area contributed by atoms with Crippen LogP contribution in [0, 0.1) is 0 Å². The van der Waals surface area contributed by atoms with E-state index in [1.807, 2.05) is 49.4 Å². The standard InChI is InChI=1S/C23H31N3O3S/c1-3-7-20-10-12-22(13-11-20)30(28,29)26-16-14-25(15-17-26)23(27)18-24-19(2)21-8-5-4-6-9-21/h4-6,8-13,19,24H,3,7,14-18H2,1-2H3/t19-/m1/s1. The number of carbonyl (C=O) groups excluding carboxylic acids is 1. The summed E-state index contributed by atoms with van der Waals surface area (Å²) in [6.07, 6.45) is 1.97. The Kier molecular flexibility index (Phi) is 7.64. The van der Waals surface area contributed by atoms with Crippen LogP contribution in [-0.2, 0) is 21.2 Å². The van der Waals surface area contributed by atoms with Crippen LogP contribution in [0.25, 0.3) is 0 Å². The van der Waals surface area contributed by atoms with Crippen LogP contribution in [0.1, 0.15) is 37.4 Å². The van der Waals surface area contributed by atoms with E-state index in [4.69, 9.17) is 0 Å². The van der Waals surface area contributed by atoms with Crippen LogP contribution < -0.4 is 5.32 Å². The second-order valence-corrected chi connectivity index (χ2v) is 9.63. The molecule has 2 aromatic rings. The summed E-state index contributed by atoms with van der Waals surface area (Å²) in [5.74, 6) is -0.00116. The molecular formula is C23H31N3O3S. The molecule has 30 heavy (non-hydrogen) atoms. The molecule has 1 N–H and O–H groups in total. The van der Waals surface area contributed by atoms with Crippen LogP contribution >= 0.6 is 0 Å². The number of nitrogens with one attached hydrogen (secondary N) is 1. The second kappa shape index (κ2) is 10.2. The summed E-state index contributed by atoms with van der Waals surface area (Å²) in [4.78, 5) is 14.6. The largest absolute Gasteiger partial charge is 0.339 e. The van der Waals surface area contributed by atoms with Gasteiger partial charge in [0.15, 0.2) is 0 Å². The molecule has 0 bridgehead atoms. The van der Waals surface area contributed by atoms with E-state index in [2.05, 4.69) is 12.2 Å². The molecule has 0 spiro atoms. The lowest BCUT2D eigenvalue weighted by Crippen LogP contribution is -2.52. The van der Waals surface area contributed by atoms with Crippen LogP contribution in [-0.4, -0.2) is 56.3 Å². The van der Waals surface area contributed by atoms with Gasteiger partial charge in [0.2, 0.25) is 15.9 Å². The van der Waals surface area contributed by atoms with Crippen LogP contribution in [0.3, 0.4) is 0 Å². The average molecular weight is 430 g/mol. The fraction of sp³-hybridized carbons (Fsp3) is 0.435. The van der Waals surface area contributed by atoms with Crippen molar-refractivity contribution in [3.8, 4) is 0 Å². The van der Waals surface area contributed by atoms with E-state index in [1.54, 1.807) is 17.0 Å². The van der Waals surface area contributed by atoms with Crippen LogP contribution in [0.2, 0.25) is 0 Å². The minimum Gasteiger partial charge on any atom is -0.339 e. The molecular weight excluding hydrogens is 398 g/mol. The maximum Gasteiger partial charge on any atom is 0.243 e. The van der Waals surface area contributed by atoms with E-state index in [0.717, 1.165) is 24.0 Å². The molecule has 2 aromatic carbocycles. The van der Waals surface area contributed by atoms with Gasteiger partial charge in [0, 0.05) is 32.2 Å². The van der Waals surface area contributed by atoms with Gasteiger partial charge in [-0.3, -0.25) is 4.79 Å². The van der Waals surface area contributed by atoms with E-state index < -0.39 is 10.0 Å². The van der Waals surface area contributed by atoms with Gasteiger partial charge in [-0.15, -0.1) is 0 Å². The Morgan fingerprint density at radius 1 is 1.00 bits per heavy atom. The van der Waals surface area contributed by atoms with Gasteiger partial charge in [-0.2, -0.15) is 4.31 Å². The van der Waals surface area contributed by atoms with Gasteiger partial charge in [0.1, 0.15) is 0 Å². The molecule has 1 aliphatic heterocycles. The van der Waals surface area contributed by atoms with Crippen molar-refractivity contribution >= 4 is 15.9 Å². The van der Waals surface area contributed by atoms with E-state index in [9.17, 15) is 13.2 Å². The number of aryl methyl sites for hydroxylation is 1. The molecule has 7 heteroatoms. The summed E-state index contributed by atoms with van der Waals surface area (Å²) in [6, 6.07) is 17.2. The molecule has 1 fully saturated rings. The lowest BCUT2D eigenvalue weighted by atomic mass is 10.1. The Morgan fingerprint density at radius 3 is 2.23 bits per heavy atom. The summed E-state index contributed by atoms with van der Waals surface area (Å²) in [6.45, 7) is 5.82. The highest BCUT2D eigenvalue weighted by Crippen LogP contribution is 2.19. The summed E-state index contributed by atoms with van der Waals surface area (Å²) >= 11 is 0. The van der Waals surface area contributed by atoms with Gasteiger partial charge < -0.3 is 10.2 Å². The van der Waals surface area contributed by atoms with E-state index >= 15 is 0 Å². The molecule has 1 amide bonds. The lowest BCUT2D eigenvalue weighted by Gasteiger charge is -2.34. The first-order valence-electron chi connectivity index (χ1n) is 10.6. The minimum absolute atomic E-state index is 0.00116. The summed E-state index contributed by atoms with van der Waals surface area (Å²) in [5.41, 5.74) is 2.27. The monoisotopic (exact) mass is 429 g/mol. The Labute approximate surface area is 179 Å². The smallest absolute Gasteiger partial charge is 0.243 e. The van der Waals surface area contributed by atoms with E-state index in [0.29, 0.717) is 31.1 Å². The summed E-state index contributed by atoms with van der Waals surface area (Å²) in [5, 5.41) is 3.26. The molecule has 3 rings (SSSR count). The molecule has 6 nitrogen and oxygen atoms in total. The number of rotatable bonds is 8. The van der Waals surface area contributed by atoms with Crippen LogP contribution in [0.15, 0.2) is 59.5 Å².